The SMILES string of the molecule is NCc1ccc(Nc2cccc(Cl)c2)c([N+](=O)[O-])c1. The van der Waals surface area contributed by atoms with Gasteiger partial charge >= 0.3 is 0 Å². The fourth-order valence-corrected chi connectivity index (χ4v) is 1.87. The van der Waals surface area contributed by atoms with Crippen LogP contribution in [0.1, 0.15) is 5.56 Å². The number of nitrogens with zero attached hydrogens (tertiary/aromatic N) is 1. The highest BCUT2D eigenvalue weighted by atomic mass is 35.5. The lowest BCUT2D eigenvalue weighted by atomic mass is 10.1. The molecule has 3 N–H and O–H groups in total. The van der Waals surface area contributed by atoms with Gasteiger partial charge in [0.2, 0.25) is 0 Å². The Bertz CT molecular complexity index is 617. The summed E-state index contributed by atoms with van der Waals surface area (Å²) in [5.41, 5.74) is 7.28. The first kappa shape index (κ1) is 13.3. The predicted molar refractivity (Wildman–Crippen MR) is 75.7 cm³/mol. The maximum atomic E-state index is 11.0. The average molecular weight is 278 g/mol. The van der Waals surface area contributed by atoms with E-state index in [1.54, 1.807) is 36.4 Å². The molecular weight excluding hydrogens is 266 g/mol. The van der Waals surface area contributed by atoms with E-state index in [2.05, 4.69) is 5.32 Å². The first-order valence-corrected chi connectivity index (χ1v) is 5.98. The maximum Gasteiger partial charge on any atom is 0.292 e. The number of hydrogen-bond donors (Lipinski definition) is 2. The highest BCUT2D eigenvalue weighted by Crippen LogP contribution is 2.29. The molecule has 5 nitrogen and oxygen atoms in total. The molecule has 6 heteroatoms. The number of nitrogens with two attached hydrogens (primary N) is 1. The van der Waals surface area contributed by atoms with Gasteiger partial charge in [-0.05, 0) is 29.8 Å². The van der Waals surface area contributed by atoms with Crippen molar-refractivity contribution in [3.05, 3.63) is 63.2 Å². The van der Waals surface area contributed by atoms with Crippen molar-refractivity contribution in [1.82, 2.24) is 0 Å². The highest BCUT2D eigenvalue weighted by Gasteiger charge is 2.14. The Hall–Kier alpha value is -2.11. The van der Waals surface area contributed by atoms with Crippen LogP contribution in [0.4, 0.5) is 17.1 Å². The molecule has 2 aromatic carbocycles. The number of nitro benzene ring substituents is 1. The smallest absolute Gasteiger partial charge is 0.292 e. The van der Waals surface area contributed by atoms with Gasteiger partial charge in [-0.25, -0.2) is 0 Å². The molecule has 0 saturated carbocycles. The van der Waals surface area contributed by atoms with E-state index in [1.807, 2.05) is 0 Å². The van der Waals surface area contributed by atoms with Gasteiger partial charge in [0.1, 0.15) is 5.69 Å². The van der Waals surface area contributed by atoms with E-state index in [4.69, 9.17) is 17.3 Å². The summed E-state index contributed by atoms with van der Waals surface area (Å²) in [6.45, 7) is 0.262. The van der Waals surface area contributed by atoms with Crippen LogP contribution in [-0.4, -0.2) is 4.92 Å². The van der Waals surface area contributed by atoms with Gasteiger partial charge in [0.25, 0.3) is 5.69 Å². The Morgan fingerprint density at radius 3 is 2.68 bits per heavy atom. The van der Waals surface area contributed by atoms with E-state index in [-0.39, 0.29) is 12.2 Å². The minimum absolute atomic E-state index is 0.0112. The quantitative estimate of drug-likeness (QED) is 0.662. The van der Waals surface area contributed by atoms with Crippen LogP contribution in [0.3, 0.4) is 0 Å². The molecule has 0 amide bonds. The standard InChI is InChI=1S/C13H12ClN3O2/c14-10-2-1-3-11(7-10)16-12-5-4-9(8-15)6-13(12)17(18)19/h1-7,16H,8,15H2. The van der Waals surface area contributed by atoms with Crippen molar-refractivity contribution in [3.8, 4) is 0 Å². The molecule has 0 radical (unpaired) electrons. The monoisotopic (exact) mass is 277 g/mol. The summed E-state index contributed by atoms with van der Waals surface area (Å²) in [4.78, 5) is 10.6. The molecule has 19 heavy (non-hydrogen) atoms. The molecule has 0 aromatic heterocycles. The lowest BCUT2D eigenvalue weighted by Gasteiger charge is -2.08. The van der Waals surface area contributed by atoms with Crippen molar-refractivity contribution in [1.29, 1.82) is 0 Å². The largest absolute Gasteiger partial charge is 0.350 e. The molecule has 0 fully saturated rings. The van der Waals surface area contributed by atoms with Gasteiger partial charge in [0, 0.05) is 23.3 Å². The summed E-state index contributed by atoms with van der Waals surface area (Å²) >= 11 is 5.87. The molecule has 0 spiro atoms. The molecular formula is C13H12ClN3O2. The van der Waals surface area contributed by atoms with Crippen molar-refractivity contribution in [2.24, 2.45) is 5.73 Å². The second-order valence-electron chi connectivity index (χ2n) is 3.95. The molecule has 2 rings (SSSR count). The van der Waals surface area contributed by atoms with Crippen molar-refractivity contribution >= 4 is 28.7 Å². The highest BCUT2D eigenvalue weighted by molar-refractivity contribution is 6.30. The van der Waals surface area contributed by atoms with Gasteiger partial charge in [-0.3, -0.25) is 10.1 Å². The van der Waals surface area contributed by atoms with Crippen LogP contribution in [-0.2, 0) is 6.54 Å². The van der Waals surface area contributed by atoms with E-state index in [0.717, 1.165) is 0 Å². The summed E-state index contributed by atoms with van der Waals surface area (Å²) in [6.07, 6.45) is 0. The molecule has 0 bridgehead atoms. The van der Waals surface area contributed by atoms with Gasteiger partial charge in [0.15, 0.2) is 0 Å². The number of nitro groups is 1. The summed E-state index contributed by atoms with van der Waals surface area (Å²) in [6, 6.07) is 11.8. The van der Waals surface area contributed by atoms with Crippen molar-refractivity contribution in [2.45, 2.75) is 6.54 Å². The van der Waals surface area contributed by atoms with Gasteiger partial charge in [0.05, 0.1) is 4.92 Å². The molecule has 0 unspecified atom stereocenters. The number of benzene rings is 2. The third-order valence-corrected chi connectivity index (χ3v) is 2.83. The normalized spacial score (nSPS) is 10.2. The van der Waals surface area contributed by atoms with Crippen molar-refractivity contribution < 1.29 is 4.92 Å². The van der Waals surface area contributed by atoms with Gasteiger partial charge < -0.3 is 11.1 Å². The number of hydrogen-bond acceptors (Lipinski definition) is 4. The van der Waals surface area contributed by atoms with Crippen LogP contribution < -0.4 is 11.1 Å². The zero-order chi connectivity index (χ0) is 13.8. The average Bonchev–Trinajstić information content (AvgIpc) is 2.39. The van der Waals surface area contributed by atoms with E-state index in [0.29, 0.717) is 22.0 Å². The molecule has 2 aromatic rings. The summed E-state index contributed by atoms with van der Waals surface area (Å²) in [5, 5.41) is 14.6. The second-order valence-corrected chi connectivity index (χ2v) is 4.38. The van der Waals surface area contributed by atoms with E-state index in [1.165, 1.54) is 6.07 Å². The molecule has 0 heterocycles. The van der Waals surface area contributed by atoms with Crippen LogP contribution in [0.15, 0.2) is 42.5 Å². The second kappa shape index (κ2) is 5.69. The first-order chi connectivity index (χ1) is 9.10. The van der Waals surface area contributed by atoms with Crippen LogP contribution in [0.5, 0.6) is 0 Å². The Labute approximate surface area is 115 Å². The molecule has 98 valence electrons. The van der Waals surface area contributed by atoms with Gasteiger partial charge in [-0.1, -0.05) is 23.7 Å². The minimum atomic E-state index is -0.438. The molecule has 0 aliphatic heterocycles. The summed E-state index contributed by atoms with van der Waals surface area (Å²) < 4.78 is 0. The summed E-state index contributed by atoms with van der Waals surface area (Å²) in [7, 11) is 0. The Morgan fingerprint density at radius 1 is 1.26 bits per heavy atom. The van der Waals surface area contributed by atoms with Crippen LogP contribution in [0.25, 0.3) is 0 Å². The van der Waals surface area contributed by atoms with E-state index in [9.17, 15) is 10.1 Å². The minimum Gasteiger partial charge on any atom is -0.350 e. The van der Waals surface area contributed by atoms with Crippen LogP contribution >= 0.6 is 11.6 Å². The van der Waals surface area contributed by atoms with Crippen LogP contribution in [0, 0.1) is 10.1 Å². The van der Waals surface area contributed by atoms with Crippen molar-refractivity contribution in [3.63, 3.8) is 0 Å². The first-order valence-electron chi connectivity index (χ1n) is 5.60. The van der Waals surface area contributed by atoms with Crippen LogP contribution in [0.2, 0.25) is 5.02 Å². The molecule has 0 saturated heterocycles. The Morgan fingerprint density at radius 2 is 2.05 bits per heavy atom. The molecule has 0 atom stereocenters. The lowest BCUT2D eigenvalue weighted by Crippen LogP contribution is -2.01. The number of anilines is 2. The van der Waals surface area contributed by atoms with Gasteiger partial charge in [-0.2, -0.15) is 0 Å². The Kier molecular flexibility index (Phi) is 3.99. The van der Waals surface area contributed by atoms with Crippen molar-refractivity contribution in [2.75, 3.05) is 5.32 Å². The number of rotatable bonds is 4. The zero-order valence-corrected chi connectivity index (χ0v) is 10.7. The topological polar surface area (TPSA) is 81.2 Å². The van der Waals surface area contributed by atoms with E-state index >= 15 is 0 Å². The maximum absolute atomic E-state index is 11.0. The third kappa shape index (κ3) is 3.21. The third-order valence-electron chi connectivity index (χ3n) is 2.60. The zero-order valence-electron chi connectivity index (χ0n) is 9.97. The van der Waals surface area contributed by atoms with Gasteiger partial charge in [-0.15, -0.1) is 0 Å². The Balaban J connectivity index is 2.36. The number of nitrogens with one attached hydrogen (secondary N) is 1. The molecule has 0 aliphatic carbocycles. The summed E-state index contributed by atoms with van der Waals surface area (Å²) in [5.74, 6) is 0. The predicted octanol–water partition coefficient (Wildman–Crippen LogP) is 3.45. The van der Waals surface area contributed by atoms with E-state index < -0.39 is 4.92 Å². The molecule has 0 aliphatic rings. The number of halogens is 1. The lowest BCUT2D eigenvalue weighted by molar-refractivity contribution is -0.384. The fraction of sp³-hybridized carbons (Fsp3) is 0.0769. The fourth-order valence-electron chi connectivity index (χ4n) is 1.68.